The number of nitrogens with zero attached hydrogens (tertiary/aromatic N) is 2. The number of benzene rings is 4. The van der Waals surface area contributed by atoms with Crippen LogP contribution in [0, 0.1) is 35.4 Å². The van der Waals surface area contributed by atoms with Crippen molar-refractivity contribution < 1.29 is 38.1 Å². The molecule has 0 spiro atoms. The van der Waals surface area contributed by atoms with Crippen LogP contribution in [0.1, 0.15) is 29.5 Å². The standard InChI is InChI=1S/C44H37ClFN3O7/c1-4-24-5-16-30(17-6-24)48-40(51)32-19-18-31-33(38(32)42(48)53)23-35-41(52)49(47-29-14-12-28(46)13-15-29)43(54)44(35,26-8-10-27(45)11-9-26)34(31)20-7-25-21-36(55-2)39(50)37(22-25)56-3/h4-18,20-22,32-35,38,47,50H,1,19,23H2,2-3H3/t32-,33+,34-,35-,38-,44-/m0/s1. The van der Waals surface area contributed by atoms with E-state index >= 15 is 4.79 Å². The van der Waals surface area contributed by atoms with E-state index in [9.17, 15) is 23.9 Å². The quantitative estimate of drug-likeness (QED) is 0.132. The lowest BCUT2D eigenvalue weighted by Gasteiger charge is -2.49. The number of ether oxygens (including phenoxy) is 2. The molecule has 1 saturated carbocycles. The summed E-state index contributed by atoms with van der Waals surface area (Å²) in [5.41, 5.74) is 4.85. The lowest BCUT2D eigenvalue weighted by atomic mass is 9.50. The summed E-state index contributed by atoms with van der Waals surface area (Å²) in [6.45, 7) is 3.79. The van der Waals surface area contributed by atoms with Crippen molar-refractivity contribution in [1.82, 2.24) is 5.01 Å². The van der Waals surface area contributed by atoms with Gasteiger partial charge in [0.25, 0.3) is 11.8 Å². The number of aromatic hydroxyl groups is 1. The first-order chi connectivity index (χ1) is 27.0. The summed E-state index contributed by atoms with van der Waals surface area (Å²) in [6.07, 6.45) is 7.57. The summed E-state index contributed by atoms with van der Waals surface area (Å²) in [5.74, 6) is -6.00. The Hall–Kier alpha value is -6.20. The Morgan fingerprint density at radius 3 is 2.16 bits per heavy atom. The molecule has 0 unspecified atom stereocenters. The molecule has 4 aromatic carbocycles. The Bertz CT molecular complexity index is 2320. The van der Waals surface area contributed by atoms with Crippen molar-refractivity contribution in [3.63, 3.8) is 0 Å². The van der Waals surface area contributed by atoms with Gasteiger partial charge in [0.05, 0.1) is 48.8 Å². The normalized spacial score (nSPS) is 25.5. The number of phenols is 1. The van der Waals surface area contributed by atoms with Crippen molar-refractivity contribution in [1.29, 1.82) is 0 Å². The van der Waals surface area contributed by atoms with Gasteiger partial charge in [-0.3, -0.25) is 29.5 Å². The maximum absolute atomic E-state index is 15.3. The molecule has 0 aromatic heterocycles. The number of rotatable bonds is 9. The highest BCUT2D eigenvalue weighted by atomic mass is 35.5. The van der Waals surface area contributed by atoms with Crippen LogP contribution in [-0.2, 0) is 24.6 Å². The van der Waals surface area contributed by atoms with Gasteiger partial charge in [0.1, 0.15) is 5.82 Å². The highest BCUT2D eigenvalue weighted by Gasteiger charge is 2.69. The zero-order valence-electron chi connectivity index (χ0n) is 30.4. The van der Waals surface area contributed by atoms with Gasteiger partial charge in [0.2, 0.25) is 17.6 Å². The fourth-order valence-electron chi connectivity index (χ4n) is 9.13. The van der Waals surface area contributed by atoms with Crippen LogP contribution in [0.3, 0.4) is 0 Å². The molecule has 2 aliphatic carbocycles. The average Bonchev–Trinajstić information content (AvgIpc) is 3.59. The SMILES string of the molecule is C=Cc1ccc(N2C(=O)[C@H]3[C@H](CC=C4[C@H]3C[C@H]3C(=O)N(Nc5ccc(F)cc5)C(=O)[C@@]3(c3ccc(Cl)cc3)[C@H]4C=Cc3cc(OC)c(O)c(OC)c3)C2=O)cc1. The molecule has 10 nitrogen and oxygen atoms in total. The van der Waals surface area contributed by atoms with E-state index < -0.39 is 52.6 Å². The fraction of sp³-hybridized carbons (Fsp3) is 0.227. The van der Waals surface area contributed by atoms with E-state index in [4.69, 9.17) is 21.1 Å². The smallest absolute Gasteiger partial charge is 0.260 e. The van der Waals surface area contributed by atoms with Crippen molar-refractivity contribution in [2.45, 2.75) is 18.3 Å². The minimum Gasteiger partial charge on any atom is -0.502 e. The van der Waals surface area contributed by atoms with Crippen LogP contribution in [0.25, 0.3) is 12.2 Å². The first kappa shape index (κ1) is 36.8. The predicted octanol–water partition coefficient (Wildman–Crippen LogP) is 7.58. The second-order valence-electron chi connectivity index (χ2n) is 14.4. The molecule has 4 aromatic rings. The van der Waals surface area contributed by atoms with E-state index in [1.54, 1.807) is 72.8 Å². The van der Waals surface area contributed by atoms with Crippen molar-refractivity contribution in [3.8, 4) is 17.2 Å². The van der Waals surface area contributed by atoms with E-state index in [1.165, 1.54) is 43.4 Å². The van der Waals surface area contributed by atoms with Gasteiger partial charge >= 0.3 is 0 Å². The second-order valence-corrected chi connectivity index (χ2v) is 14.8. The Balaban J connectivity index is 1.30. The Morgan fingerprint density at radius 2 is 1.54 bits per heavy atom. The third-order valence-corrected chi connectivity index (χ3v) is 11.9. The number of phenolic OH excluding ortho intramolecular Hbond substituents is 1. The number of fused-ring (bicyclic) bond motifs is 4. The van der Waals surface area contributed by atoms with Gasteiger partial charge in [-0.2, -0.15) is 5.01 Å². The van der Waals surface area contributed by atoms with Crippen LogP contribution >= 0.6 is 11.6 Å². The minimum absolute atomic E-state index is 0.0925. The molecule has 56 heavy (non-hydrogen) atoms. The third-order valence-electron chi connectivity index (χ3n) is 11.7. The number of carbonyl (C=O) groups is 4. The lowest BCUT2D eigenvalue weighted by molar-refractivity contribution is -0.139. The third kappa shape index (κ3) is 5.68. The summed E-state index contributed by atoms with van der Waals surface area (Å²) in [7, 11) is 2.83. The maximum atomic E-state index is 15.3. The van der Waals surface area contributed by atoms with Crippen LogP contribution in [0.4, 0.5) is 15.8 Å². The Labute approximate surface area is 327 Å². The number of carbonyl (C=O) groups excluding carboxylic acids is 4. The largest absolute Gasteiger partial charge is 0.502 e. The van der Waals surface area contributed by atoms with E-state index in [-0.39, 0.29) is 41.9 Å². The van der Waals surface area contributed by atoms with E-state index in [2.05, 4.69) is 12.0 Å². The first-order valence-corrected chi connectivity index (χ1v) is 18.5. The second kappa shape index (κ2) is 14.1. The molecule has 2 heterocycles. The van der Waals surface area contributed by atoms with Crippen molar-refractivity contribution >= 4 is 58.8 Å². The zero-order valence-corrected chi connectivity index (χ0v) is 31.2. The number of imide groups is 2. The van der Waals surface area contributed by atoms with Gasteiger partial charge < -0.3 is 14.6 Å². The van der Waals surface area contributed by atoms with Crippen LogP contribution in [0.5, 0.6) is 17.2 Å². The van der Waals surface area contributed by atoms with Crippen LogP contribution in [0.2, 0.25) is 5.02 Å². The molecule has 2 saturated heterocycles. The van der Waals surface area contributed by atoms with Crippen LogP contribution in [-0.4, -0.2) is 48.0 Å². The number of hydrazine groups is 1. The summed E-state index contributed by atoms with van der Waals surface area (Å²) in [5, 5.41) is 12.1. The number of allylic oxidation sites excluding steroid dienone is 3. The molecule has 4 amide bonds. The number of anilines is 2. The predicted molar refractivity (Wildman–Crippen MR) is 209 cm³/mol. The van der Waals surface area contributed by atoms with Gasteiger partial charge in [-0.25, -0.2) is 4.39 Å². The number of nitrogens with one attached hydrogen (secondary N) is 1. The van der Waals surface area contributed by atoms with E-state index in [0.29, 0.717) is 27.5 Å². The highest BCUT2D eigenvalue weighted by molar-refractivity contribution is 6.30. The van der Waals surface area contributed by atoms with Gasteiger partial charge in [-0.05, 0) is 96.1 Å². The number of halogens is 2. The van der Waals surface area contributed by atoms with Gasteiger partial charge in [-0.15, -0.1) is 0 Å². The van der Waals surface area contributed by atoms with Crippen molar-refractivity contribution in [3.05, 3.63) is 137 Å². The number of methoxy groups -OCH3 is 2. The number of amides is 4. The average molecular weight is 774 g/mol. The van der Waals surface area contributed by atoms with Crippen molar-refractivity contribution in [2.75, 3.05) is 24.5 Å². The summed E-state index contributed by atoms with van der Waals surface area (Å²) < 4.78 is 24.7. The molecular formula is C44H37ClFN3O7. The Kier molecular flexibility index (Phi) is 9.28. The van der Waals surface area contributed by atoms with Gasteiger partial charge in [-0.1, -0.05) is 72.3 Å². The highest BCUT2D eigenvalue weighted by Crippen LogP contribution is 2.62. The van der Waals surface area contributed by atoms with Crippen molar-refractivity contribution in [2.24, 2.45) is 29.6 Å². The fourth-order valence-corrected chi connectivity index (χ4v) is 9.26. The van der Waals surface area contributed by atoms with Crippen LogP contribution in [0.15, 0.2) is 109 Å². The molecule has 3 fully saturated rings. The summed E-state index contributed by atoms with van der Waals surface area (Å²) in [6, 6.07) is 22.4. The first-order valence-electron chi connectivity index (χ1n) is 18.1. The molecule has 6 atom stereocenters. The maximum Gasteiger partial charge on any atom is 0.260 e. The zero-order chi connectivity index (χ0) is 39.5. The summed E-state index contributed by atoms with van der Waals surface area (Å²) in [4.78, 5) is 60.0. The molecule has 12 heteroatoms. The molecule has 0 radical (unpaired) electrons. The number of hydrogen-bond donors (Lipinski definition) is 2. The van der Waals surface area contributed by atoms with Gasteiger partial charge in [0.15, 0.2) is 11.5 Å². The molecule has 2 N–H and O–H groups in total. The molecule has 2 aliphatic heterocycles. The van der Waals surface area contributed by atoms with E-state index in [1.807, 2.05) is 12.2 Å². The Morgan fingerprint density at radius 1 is 0.875 bits per heavy atom. The number of hydrogen-bond acceptors (Lipinski definition) is 8. The molecule has 4 aliphatic rings. The minimum atomic E-state index is -1.54. The molecule has 284 valence electrons. The van der Waals surface area contributed by atoms with Crippen LogP contribution < -0.4 is 19.8 Å². The van der Waals surface area contributed by atoms with Gasteiger partial charge in [0, 0.05) is 10.9 Å². The lowest BCUT2D eigenvalue weighted by Crippen LogP contribution is -2.54. The topological polar surface area (TPSA) is 125 Å². The molecule has 0 bridgehead atoms. The summed E-state index contributed by atoms with van der Waals surface area (Å²) >= 11 is 6.38. The van der Waals surface area contributed by atoms with E-state index in [0.717, 1.165) is 16.1 Å². The molecule has 8 rings (SSSR count). The molecular weight excluding hydrogens is 737 g/mol. The monoisotopic (exact) mass is 773 g/mol.